The van der Waals surface area contributed by atoms with Gasteiger partial charge in [-0.1, -0.05) is 11.6 Å². The maximum Gasteiger partial charge on any atom is 0.298 e. The molecule has 1 rings (SSSR count). The summed E-state index contributed by atoms with van der Waals surface area (Å²) in [6.07, 6.45) is 1.43. The predicted octanol–water partition coefficient (Wildman–Crippen LogP) is 0.852. The number of anilines is 1. The molecule has 1 heterocycles. The van der Waals surface area contributed by atoms with E-state index in [9.17, 15) is 4.79 Å². The van der Waals surface area contributed by atoms with Crippen LogP contribution in [0.1, 0.15) is 0 Å². The lowest BCUT2D eigenvalue weighted by Crippen LogP contribution is -1.97. The van der Waals surface area contributed by atoms with E-state index in [1.54, 1.807) is 0 Å². The Bertz CT molecular complexity index is 257. The summed E-state index contributed by atoms with van der Waals surface area (Å²) < 4.78 is 4.47. The van der Waals surface area contributed by atoms with E-state index in [1.807, 2.05) is 0 Å². The largest absolute Gasteiger partial charge is 0.423 e. The van der Waals surface area contributed by atoms with E-state index in [2.05, 4.69) is 9.72 Å². The van der Waals surface area contributed by atoms with E-state index in [1.165, 1.54) is 12.3 Å². The maximum atomic E-state index is 9.91. The molecule has 0 bridgehead atoms. The van der Waals surface area contributed by atoms with Crippen LogP contribution in [0.3, 0.4) is 0 Å². The van der Waals surface area contributed by atoms with Gasteiger partial charge in [-0.3, -0.25) is 4.79 Å². The van der Waals surface area contributed by atoms with Gasteiger partial charge in [0.1, 0.15) is 0 Å². The number of hydrogen-bond acceptors (Lipinski definition) is 4. The molecule has 0 saturated carbocycles. The lowest BCUT2D eigenvalue weighted by molar-refractivity contribution is -0.120. The molecule has 0 fully saturated rings. The van der Waals surface area contributed by atoms with Gasteiger partial charge >= 0.3 is 0 Å². The van der Waals surface area contributed by atoms with Crippen LogP contribution in [0.2, 0.25) is 5.02 Å². The summed E-state index contributed by atoms with van der Waals surface area (Å²) in [4.78, 5) is 13.6. The van der Waals surface area contributed by atoms with Crippen molar-refractivity contribution in [3.05, 3.63) is 17.3 Å². The number of nitrogen functional groups attached to an aromatic ring is 1. The third-order valence-electron chi connectivity index (χ3n) is 1.05. The number of nitrogens with zero attached hydrogens (tertiary/aromatic N) is 1. The summed E-state index contributed by atoms with van der Waals surface area (Å²) in [5, 5.41) is 0.268. The molecule has 0 aliphatic rings. The average molecular weight is 173 g/mol. The Labute approximate surface area is 67.9 Å². The van der Waals surface area contributed by atoms with Gasteiger partial charge in [-0.2, -0.15) is 0 Å². The molecule has 2 N–H and O–H groups in total. The number of carbonyl (C=O) groups excluding carboxylic acids is 1. The van der Waals surface area contributed by atoms with Crippen LogP contribution in [-0.4, -0.2) is 11.5 Å². The molecule has 0 aliphatic heterocycles. The molecule has 0 unspecified atom stereocenters. The second kappa shape index (κ2) is 3.21. The van der Waals surface area contributed by atoms with Crippen molar-refractivity contribution in [2.24, 2.45) is 0 Å². The predicted molar refractivity (Wildman–Crippen MR) is 40.4 cm³/mol. The van der Waals surface area contributed by atoms with Crippen LogP contribution >= 0.6 is 11.6 Å². The van der Waals surface area contributed by atoms with Crippen LogP contribution in [0, 0.1) is 0 Å². The van der Waals surface area contributed by atoms with Gasteiger partial charge in [0.05, 0.1) is 5.02 Å². The summed E-state index contributed by atoms with van der Waals surface area (Å²) in [5.74, 6) is 0.203. The molecule has 4 nitrogen and oxygen atoms in total. The number of pyridine rings is 1. The second-order valence-electron chi connectivity index (χ2n) is 1.72. The third-order valence-corrected chi connectivity index (χ3v) is 1.35. The fraction of sp³-hybridized carbons (Fsp3) is 0. The van der Waals surface area contributed by atoms with Crippen LogP contribution in [-0.2, 0) is 4.79 Å². The minimum atomic E-state index is 0.101. The van der Waals surface area contributed by atoms with Crippen LogP contribution in [0.25, 0.3) is 0 Å². The number of rotatable bonds is 2. The van der Waals surface area contributed by atoms with Gasteiger partial charge in [0.25, 0.3) is 6.47 Å². The Hall–Kier alpha value is -1.29. The van der Waals surface area contributed by atoms with E-state index >= 15 is 0 Å². The van der Waals surface area contributed by atoms with Gasteiger partial charge in [0.15, 0.2) is 11.6 Å². The molecule has 58 valence electrons. The Morgan fingerprint density at radius 3 is 3.00 bits per heavy atom. The second-order valence-corrected chi connectivity index (χ2v) is 2.13. The van der Waals surface area contributed by atoms with E-state index in [0.717, 1.165) is 0 Å². The van der Waals surface area contributed by atoms with E-state index in [-0.39, 0.29) is 23.1 Å². The Morgan fingerprint density at radius 2 is 2.45 bits per heavy atom. The van der Waals surface area contributed by atoms with Crippen molar-refractivity contribution in [1.82, 2.24) is 4.98 Å². The highest BCUT2D eigenvalue weighted by atomic mass is 35.5. The van der Waals surface area contributed by atoms with Gasteiger partial charge in [-0.15, -0.1) is 0 Å². The van der Waals surface area contributed by atoms with Crippen molar-refractivity contribution in [3.63, 3.8) is 0 Å². The zero-order chi connectivity index (χ0) is 8.27. The number of nitrogens with two attached hydrogens (primary N) is 1. The van der Waals surface area contributed by atoms with Crippen molar-refractivity contribution in [3.8, 4) is 5.75 Å². The first-order valence-corrected chi connectivity index (χ1v) is 3.13. The summed E-state index contributed by atoms with van der Waals surface area (Å²) in [6, 6.07) is 1.48. The molecule has 5 heteroatoms. The highest BCUT2D eigenvalue weighted by Crippen LogP contribution is 2.27. The van der Waals surface area contributed by atoms with Crippen molar-refractivity contribution < 1.29 is 9.53 Å². The maximum absolute atomic E-state index is 9.91. The number of ether oxygens (including phenoxy) is 1. The SMILES string of the molecule is Nc1nccc(Cl)c1OC=O. The van der Waals surface area contributed by atoms with E-state index in [0.29, 0.717) is 0 Å². The molecule has 0 spiro atoms. The first-order valence-electron chi connectivity index (χ1n) is 2.76. The molecule has 0 aliphatic carbocycles. The molecule has 1 aromatic heterocycles. The van der Waals surface area contributed by atoms with Crippen LogP contribution in [0.5, 0.6) is 5.75 Å². The first kappa shape index (κ1) is 7.81. The first-order chi connectivity index (χ1) is 5.25. The third kappa shape index (κ3) is 1.59. The number of hydrogen-bond donors (Lipinski definition) is 1. The minimum Gasteiger partial charge on any atom is -0.423 e. The van der Waals surface area contributed by atoms with Crippen LogP contribution in [0.4, 0.5) is 5.82 Å². The van der Waals surface area contributed by atoms with Crippen molar-refractivity contribution in [1.29, 1.82) is 0 Å². The Balaban J connectivity index is 3.09. The lowest BCUT2D eigenvalue weighted by Gasteiger charge is -2.01. The van der Waals surface area contributed by atoms with Gasteiger partial charge in [-0.25, -0.2) is 4.98 Å². The quantitative estimate of drug-likeness (QED) is 0.672. The minimum absolute atomic E-state index is 0.101. The number of carbonyl (C=O) groups is 1. The lowest BCUT2D eigenvalue weighted by atomic mass is 10.4. The molecule has 0 atom stereocenters. The van der Waals surface area contributed by atoms with Gasteiger partial charge in [0.2, 0.25) is 0 Å². The molecular weight excluding hydrogens is 168 g/mol. The highest BCUT2D eigenvalue weighted by molar-refractivity contribution is 6.32. The molecule has 0 amide bonds. The molecular formula is C6H5ClN2O2. The fourth-order valence-electron chi connectivity index (χ4n) is 0.604. The van der Waals surface area contributed by atoms with Gasteiger partial charge in [-0.05, 0) is 6.07 Å². The van der Waals surface area contributed by atoms with Gasteiger partial charge in [0, 0.05) is 6.20 Å². The van der Waals surface area contributed by atoms with Crippen molar-refractivity contribution in [2.45, 2.75) is 0 Å². The smallest absolute Gasteiger partial charge is 0.298 e. The van der Waals surface area contributed by atoms with Crippen molar-refractivity contribution in [2.75, 3.05) is 5.73 Å². The molecule has 0 saturated heterocycles. The standard InChI is InChI=1S/C6H5ClN2O2/c7-4-1-2-9-6(8)5(4)11-3-10/h1-3H,(H2,8,9). The summed E-state index contributed by atoms with van der Waals surface area (Å²) in [5.41, 5.74) is 5.33. The topological polar surface area (TPSA) is 65.2 Å². The molecule has 0 aromatic carbocycles. The van der Waals surface area contributed by atoms with E-state index in [4.69, 9.17) is 17.3 Å². The molecule has 0 radical (unpaired) electrons. The van der Waals surface area contributed by atoms with Crippen LogP contribution < -0.4 is 10.5 Å². The van der Waals surface area contributed by atoms with E-state index < -0.39 is 0 Å². The van der Waals surface area contributed by atoms with Gasteiger partial charge < -0.3 is 10.5 Å². The van der Waals surface area contributed by atoms with Crippen LogP contribution in [0.15, 0.2) is 12.3 Å². The van der Waals surface area contributed by atoms with Crippen molar-refractivity contribution >= 4 is 23.9 Å². The zero-order valence-corrected chi connectivity index (χ0v) is 6.21. The number of aromatic nitrogens is 1. The monoisotopic (exact) mass is 172 g/mol. The number of halogens is 1. The molecule has 11 heavy (non-hydrogen) atoms. The fourth-order valence-corrected chi connectivity index (χ4v) is 0.802. The average Bonchev–Trinajstić information content (AvgIpc) is 1.97. The zero-order valence-electron chi connectivity index (χ0n) is 5.45. The highest BCUT2D eigenvalue weighted by Gasteiger charge is 2.05. The Kier molecular flexibility index (Phi) is 2.28. The summed E-state index contributed by atoms with van der Waals surface area (Å²) in [7, 11) is 0. The summed E-state index contributed by atoms with van der Waals surface area (Å²) in [6.45, 7) is 0.249. The Morgan fingerprint density at radius 1 is 1.73 bits per heavy atom. The molecule has 1 aromatic rings. The normalized spacial score (nSPS) is 9.18. The summed E-state index contributed by atoms with van der Waals surface area (Å²) >= 11 is 5.60.